The molecule has 0 unspecified atom stereocenters. The van der Waals surface area contributed by atoms with E-state index in [4.69, 9.17) is 0 Å². The molecule has 2 aliphatic rings. The summed E-state index contributed by atoms with van der Waals surface area (Å²) in [7, 11) is 0. The van der Waals surface area contributed by atoms with Gasteiger partial charge >= 0.3 is 0 Å². The molecule has 0 radical (unpaired) electrons. The number of rotatable bonds is 1. The lowest BCUT2D eigenvalue weighted by molar-refractivity contribution is 0.0689. The van der Waals surface area contributed by atoms with Crippen LogP contribution in [0.4, 0.5) is 0 Å². The lowest BCUT2D eigenvalue weighted by Gasteiger charge is -2.35. The Bertz CT molecular complexity index is 806. The van der Waals surface area contributed by atoms with Crippen molar-refractivity contribution >= 4 is 33.7 Å². The molecule has 3 heterocycles. The molecule has 1 aromatic carbocycles. The minimum atomic E-state index is 0.0147. The van der Waals surface area contributed by atoms with E-state index >= 15 is 0 Å². The number of hydrogen-bond donors (Lipinski definition) is 1. The number of nitrogens with zero attached hydrogens (tertiary/aromatic N) is 4. The lowest BCUT2D eigenvalue weighted by Crippen LogP contribution is -2.50. The van der Waals surface area contributed by atoms with E-state index in [1.54, 1.807) is 0 Å². The molecule has 0 saturated carbocycles. The molecule has 24 heavy (non-hydrogen) atoms. The molecule has 4 rings (SSSR count). The number of thioether (sulfide) groups is 1. The van der Waals surface area contributed by atoms with Crippen molar-refractivity contribution in [3.05, 3.63) is 29.5 Å². The lowest BCUT2D eigenvalue weighted by atomic mass is 10.1. The van der Waals surface area contributed by atoms with Gasteiger partial charge in [-0.2, -0.15) is 5.10 Å². The Hall–Kier alpha value is -2.02. The van der Waals surface area contributed by atoms with Crippen LogP contribution in [0.5, 0.6) is 0 Å². The van der Waals surface area contributed by atoms with Gasteiger partial charge in [-0.3, -0.25) is 14.9 Å². The quantitative estimate of drug-likeness (QED) is 0.861. The van der Waals surface area contributed by atoms with Crippen LogP contribution in [0.25, 0.3) is 10.9 Å². The molecule has 1 aromatic heterocycles. The zero-order valence-corrected chi connectivity index (χ0v) is 14.8. The summed E-state index contributed by atoms with van der Waals surface area (Å²) >= 11 is 1.84. The van der Waals surface area contributed by atoms with E-state index in [0.29, 0.717) is 24.0 Å². The van der Waals surface area contributed by atoms with Gasteiger partial charge in [0.05, 0.1) is 12.1 Å². The molecule has 7 heteroatoms. The highest BCUT2D eigenvalue weighted by Gasteiger charge is 2.28. The van der Waals surface area contributed by atoms with E-state index in [9.17, 15) is 4.79 Å². The third-order valence-corrected chi connectivity index (χ3v) is 5.70. The number of benzene rings is 1. The van der Waals surface area contributed by atoms with Crippen molar-refractivity contribution in [2.24, 2.45) is 4.99 Å². The Balaban J connectivity index is 1.47. The molecule has 0 spiro atoms. The normalized spacial score (nSPS) is 21.4. The van der Waals surface area contributed by atoms with Crippen LogP contribution in [0.15, 0.2) is 23.2 Å². The number of aromatic amines is 1. The molecule has 1 N–H and O–H groups in total. The maximum absolute atomic E-state index is 12.9. The predicted molar refractivity (Wildman–Crippen MR) is 97.7 cm³/mol. The van der Waals surface area contributed by atoms with Gasteiger partial charge in [0, 0.05) is 36.8 Å². The molecule has 1 amide bonds. The summed E-state index contributed by atoms with van der Waals surface area (Å²) in [6, 6.07) is 6.02. The predicted octanol–water partition coefficient (Wildman–Crippen LogP) is 2.12. The highest BCUT2D eigenvalue weighted by Crippen LogP contribution is 2.24. The van der Waals surface area contributed by atoms with Crippen molar-refractivity contribution < 1.29 is 4.79 Å². The van der Waals surface area contributed by atoms with Crippen molar-refractivity contribution in [2.45, 2.75) is 19.1 Å². The molecule has 6 nitrogen and oxygen atoms in total. The summed E-state index contributed by atoms with van der Waals surface area (Å²) in [5.74, 6) is 0.0147. The SMILES string of the molecule is Cc1ccc2[nH]nc(C(=O)N3CCN(C4=NC[C@@H](C)S4)CC3)c2c1. The second kappa shape index (κ2) is 6.12. The number of carbonyl (C=O) groups excluding carboxylic acids is 1. The molecule has 1 fully saturated rings. The van der Waals surface area contributed by atoms with Gasteiger partial charge in [0.2, 0.25) is 0 Å². The van der Waals surface area contributed by atoms with Crippen LogP contribution >= 0.6 is 11.8 Å². The van der Waals surface area contributed by atoms with E-state index in [0.717, 1.165) is 41.3 Å². The summed E-state index contributed by atoms with van der Waals surface area (Å²) in [4.78, 5) is 21.6. The van der Waals surface area contributed by atoms with Gasteiger partial charge in [-0.25, -0.2) is 0 Å². The van der Waals surface area contributed by atoms with Crippen LogP contribution in [0.3, 0.4) is 0 Å². The number of aliphatic imine (C=N–C) groups is 1. The van der Waals surface area contributed by atoms with Gasteiger partial charge < -0.3 is 9.80 Å². The first-order valence-corrected chi connectivity index (χ1v) is 9.20. The number of aromatic nitrogens is 2. The van der Waals surface area contributed by atoms with E-state index in [1.807, 2.05) is 41.8 Å². The zero-order chi connectivity index (χ0) is 16.7. The minimum Gasteiger partial charge on any atom is -0.348 e. The number of aryl methyl sites for hydroxylation is 1. The Kier molecular flexibility index (Phi) is 3.96. The Morgan fingerprint density at radius 1 is 1.29 bits per heavy atom. The van der Waals surface area contributed by atoms with Gasteiger partial charge in [0.1, 0.15) is 0 Å². The maximum Gasteiger partial charge on any atom is 0.275 e. The summed E-state index contributed by atoms with van der Waals surface area (Å²) in [6.45, 7) is 8.24. The molecule has 0 aliphatic carbocycles. The number of nitrogens with one attached hydrogen (secondary N) is 1. The summed E-state index contributed by atoms with van der Waals surface area (Å²) in [6.07, 6.45) is 0. The fourth-order valence-electron chi connectivity index (χ4n) is 3.18. The molecular weight excluding hydrogens is 322 g/mol. The van der Waals surface area contributed by atoms with Crippen LogP contribution in [0.1, 0.15) is 23.0 Å². The zero-order valence-electron chi connectivity index (χ0n) is 14.0. The van der Waals surface area contributed by atoms with Crippen molar-refractivity contribution in [1.29, 1.82) is 0 Å². The Morgan fingerprint density at radius 2 is 2.08 bits per heavy atom. The van der Waals surface area contributed by atoms with E-state index in [-0.39, 0.29) is 5.91 Å². The fourth-order valence-corrected chi connectivity index (χ4v) is 4.17. The Labute approximate surface area is 145 Å². The topological polar surface area (TPSA) is 64.6 Å². The van der Waals surface area contributed by atoms with Crippen molar-refractivity contribution in [1.82, 2.24) is 20.0 Å². The fraction of sp³-hybridized carbons (Fsp3) is 0.471. The van der Waals surface area contributed by atoms with Gasteiger partial charge in [-0.05, 0) is 19.1 Å². The average Bonchev–Trinajstić information content (AvgIpc) is 3.20. The van der Waals surface area contributed by atoms with Crippen molar-refractivity contribution in [2.75, 3.05) is 32.7 Å². The standard InChI is InChI=1S/C17H21N5OS/c1-11-3-4-14-13(9-11)15(20-19-14)16(23)21-5-7-22(8-6-21)17-18-10-12(2)24-17/h3-4,9,12H,5-8,10H2,1-2H3,(H,19,20)/t12-/m1/s1. The molecular formula is C17H21N5OS. The number of amidine groups is 1. The van der Waals surface area contributed by atoms with Crippen LogP contribution in [-0.2, 0) is 0 Å². The molecule has 2 aliphatic heterocycles. The largest absolute Gasteiger partial charge is 0.348 e. The molecule has 0 bridgehead atoms. The monoisotopic (exact) mass is 343 g/mol. The number of fused-ring (bicyclic) bond motifs is 1. The second-order valence-electron chi connectivity index (χ2n) is 6.45. The first kappa shape index (κ1) is 15.5. The van der Waals surface area contributed by atoms with Crippen LogP contribution in [0, 0.1) is 6.92 Å². The smallest absolute Gasteiger partial charge is 0.275 e. The second-order valence-corrected chi connectivity index (χ2v) is 7.86. The summed E-state index contributed by atoms with van der Waals surface area (Å²) in [5, 5.41) is 9.84. The molecule has 2 aromatic rings. The minimum absolute atomic E-state index is 0.0147. The van der Waals surface area contributed by atoms with Crippen LogP contribution in [0.2, 0.25) is 0 Å². The maximum atomic E-state index is 12.9. The van der Waals surface area contributed by atoms with Gasteiger partial charge in [-0.1, -0.05) is 30.3 Å². The van der Waals surface area contributed by atoms with Crippen LogP contribution < -0.4 is 0 Å². The molecule has 126 valence electrons. The van der Waals surface area contributed by atoms with Gasteiger partial charge in [0.15, 0.2) is 10.9 Å². The third kappa shape index (κ3) is 2.77. The molecule has 1 atom stereocenters. The third-order valence-electron chi connectivity index (χ3n) is 4.55. The number of carbonyl (C=O) groups is 1. The van der Waals surface area contributed by atoms with E-state index < -0.39 is 0 Å². The van der Waals surface area contributed by atoms with Gasteiger partial charge in [-0.15, -0.1) is 0 Å². The van der Waals surface area contributed by atoms with Crippen molar-refractivity contribution in [3.8, 4) is 0 Å². The highest BCUT2D eigenvalue weighted by atomic mass is 32.2. The number of H-pyrrole nitrogens is 1. The van der Waals surface area contributed by atoms with Gasteiger partial charge in [0.25, 0.3) is 5.91 Å². The first-order chi connectivity index (χ1) is 11.6. The summed E-state index contributed by atoms with van der Waals surface area (Å²) < 4.78 is 0. The summed E-state index contributed by atoms with van der Waals surface area (Å²) in [5.41, 5.74) is 2.57. The van der Waals surface area contributed by atoms with Crippen LogP contribution in [-0.4, -0.2) is 69.0 Å². The highest BCUT2D eigenvalue weighted by molar-refractivity contribution is 8.14. The number of amides is 1. The van der Waals surface area contributed by atoms with E-state index in [2.05, 4.69) is 27.0 Å². The van der Waals surface area contributed by atoms with E-state index in [1.165, 1.54) is 0 Å². The average molecular weight is 343 g/mol. The van der Waals surface area contributed by atoms with Crippen molar-refractivity contribution in [3.63, 3.8) is 0 Å². The Morgan fingerprint density at radius 3 is 2.79 bits per heavy atom. The first-order valence-electron chi connectivity index (χ1n) is 8.32. The molecule has 1 saturated heterocycles. The number of hydrogen-bond acceptors (Lipinski definition) is 5. The number of piperazine rings is 1.